The maximum atomic E-state index is 12.0. The van der Waals surface area contributed by atoms with Crippen LogP contribution in [-0.2, 0) is 16.0 Å². The number of para-hydroxylation sites is 1. The van der Waals surface area contributed by atoms with Crippen LogP contribution >= 0.6 is 11.3 Å². The van der Waals surface area contributed by atoms with Crippen LogP contribution in [0.15, 0.2) is 42.6 Å². The maximum absolute atomic E-state index is 12.0. The number of aromatic nitrogens is 2. The Hall–Kier alpha value is -2.27. The molecule has 0 amide bonds. The number of pyridine rings is 1. The highest BCUT2D eigenvalue weighted by molar-refractivity contribution is 7.18. The van der Waals surface area contributed by atoms with E-state index in [2.05, 4.69) is 9.97 Å². The van der Waals surface area contributed by atoms with Crippen molar-refractivity contribution in [2.24, 2.45) is 0 Å². The minimum absolute atomic E-state index is 0.225. The third kappa shape index (κ3) is 3.31. The van der Waals surface area contributed by atoms with E-state index in [4.69, 9.17) is 4.74 Å². The SMILES string of the molecule is Cc1ccc(CC(=O)O[C@@H](C)c2nc3ccccc3s2)cn1. The number of ether oxygens (including phenoxy) is 1. The van der Waals surface area contributed by atoms with Gasteiger partial charge in [-0.25, -0.2) is 4.98 Å². The van der Waals surface area contributed by atoms with Crippen molar-refractivity contribution in [3.05, 3.63) is 58.9 Å². The lowest BCUT2D eigenvalue weighted by Crippen LogP contribution is -2.11. The molecule has 0 radical (unpaired) electrons. The second-order valence-electron chi connectivity index (χ2n) is 5.14. The van der Waals surface area contributed by atoms with Gasteiger partial charge in [0.2, 0.25) is 0 Å². The summed E-state index contributed by atoms with van der Waals surface area (Å²) < 4.78 is 6.58. The zero-order valence-electron chi connectivity index (χ0n) is 12.4. The fourth-order valence-corrected chi connectivity index (χ4v) is 3.07. The predicted molar refractivity (Wildman–Crippen MR) is 86.8 cm³/mol. The first kappa shape index (κ1) is 14.7. The Bertz CT molecular complexity index is 763. The number of aryl methyl sites for hydroxylation is 1. The van der Waals surface area contributed by atoms with Gasteiger partial charge in [0.05, 0.1) is 16.6 Å². The van der Waals surface area contributed by atoms with Crippen molar-refractivity contribution in [3.63, 3.8) is 0 Å². The monoisotopic (exact) mass is 312 g/mol. The summed E-state index contributed by atoms with van der Waals surface area (Å²) in [5.74, 6) is -0.266. The van der Waals surface area contributed by atoms with Gasteiger partial charge >= 0.3 is 5.97 Å². The van der Waals surface area contributed by atoms with Crippen LogP contribution in [0.25, 0.3) is 10.2 Å². The average molecular weight is 312 g/mol. The average Bonchev–Trinajstić information content (AvgIpc) is 2.93. The van der Waals surface area contributed by atoms with E-state index in [1.807, 2.05) is 50.2 Å². The van der Waals surface area contributed by atoms with Crippen molar-refractivity contribution in [3.8, 4) is 0 Å². The summed E-state index contributed by atoms with van der Waals surface area (Å²) in [6.07, 6.45) is 1.59. The minimum atomic E-state index is -0.344. The number of fused-ring (bicyclic) bond motifs is 1. The van der Waals surface area contributed by atoms with Crippen molar-refractivity contribution >= 4 is 27.5 Å². The maximum Gasteiger partial charge on any atom is 0.311 e. The van der Waals surface area contributed by atoms with Gasteiger partial charge in [-0.3, -0.25) is 9.78 Å². The van der Waals surface area contributed by atoms with Gasteiger partial charge < -0.3 is 4.74 Å². The Kier molecular flexibility index (Phi) is 4.15. The van der Waals surface area contributed by atoms with Crippen LogP contribution < -0.4 is 0 Å². The van der Waals surface area contributed by atoms with E-state index >= 15 is 0 Å². The molecule has 0 aliphatic heterocycles. The number of hydrogen-bond donors (Lipinski definition) is 0. The molecule has 2 heterocycles. The first-order valence-electron chi connectivity index (χ1n) is 7.08. The highest BCUT2D eigenvalue weighted by atomic mass is 32.1. The largest absolute Gasteiger partial charge is 0.455 e. The molecule has 4 nitrogen and oxygen atoms in total. The summed E-state index contributed by atoms with van der Waals surface area (Å²) in [5.41, 5.74) is 2.72. The molecule has 3 aromatic rings. The van der Waals surface area contributed by atoms with E-state index in [1.165, 1.54) is 0 Å². The lowest BCUT2D eigenvalue weighted by molar-refractivity contribution is -0.147. The van der Waals surface area contributed by atoms with Crippen LogP contribution in [-0.4, -0.2) is 15.9 Å². The van der Waals surface area contributed by atoms with Crippen LogP contribution in [0.3, 0.4) is 0 Å². The van der Waals surface area contributed by atoms with Crippen molar-refractivity contribution < 1.29 is 9.53 Å². The highest BCUT2D eigenvalue weighted by Gasteiger charge is 2.16. The molecule has 1 atom stereocenters. The van der Waals surface area contributed by atoms with Crippen molar-refractivity contribution in [1.29, 1.82) is 0 Å². The molecule has 0 fully saturated rings. The van der Waals surface area contributed by atoms with Gasteiger partial charge in [0.1, 0.15) is 5.01 Å². The van der Waals surface area contributed by atoms with Crippen molar-refractivity contribution in [2.45, 2.75) is 26.4 Å². The molecule has 0 unspecified atom stereocenters. The second-order valence-corrected chi connectivity index (χ2v) is 6.20. The highest BCUT2D eigenvalue weighted by Crippen LogP contribution is 2.28. The number of thiazole rings is 1. The molecule has 3 rings (SSSR count). The molecule has 0 bridgehead atoms. The molecule has 0 spiro atoms. The summed E-state index contributed by atoms with van der Waals surface area (Å²) in [7, 11) is 0. The van der Waals surface area contributed by atoms with Crippen molar-refractivity contribution in [1.82, 2.24) is 9.97 Å². The standard InChI is InChI=1S/C17H16N2O2S/c1-11-7-8-13(10-18-11)9-16(20)21-12(2)17-19-14-5-3-4-6-15(14)22-17/h3-8,10,12H,9H2,1-2H3/t12-/m0/s1. The molecule has 112 valence electrons. The second kappa shape index (κ2) is 6.23. The number of rotatable bonds is 4. The number of hydrogen-bond acceptors (Lipinski definition) is 5. The summed E-state index contributed by atoms with van der Waals surface area (Å²) >= 11 is 1.55. The summed E-state index contributed by atoms with van der Waals surface area (Å²) in [6, 6.07) is 11.7. The zero-order valence-corrected chi connectivity index (χ0v) is 13.3. The molecular formula is C17H16N2O2S. The third-order valence-electron chi connectivity index (χ3n) is 3.29. The minimum Gasteiger partial charge on any atom is -0.455 e. The summed E-state index contributed by atoms with van der Waals surface area (Å²) in [6.45, 7) is 3.76. The summed E-state index contributed by atoms with van der Waals surface area (Å²) in [5, 5.41) is 0.816. The van der Waals surface area contributed by atoms with Crippen LogP contribution in [0.2, 0.25) is 0 Å². The van der Waals surface area contributed by atoms with Gasteiger partial charge in [0.15, 0.2) is 6.10 Å². The van der Waals surface area contributed by atoms with E-state index in [-0.39, 0.29) is 18.5 Å². The number of carbonyl (C=O) groups is 1. The Morgan fingerprint density at radius 3 is 2.82 bits per heavy atom. The van der Waals surface area contributed by atoms with E-state index in [9.17, 15) is 4.79 Å². The van der Waals surface area contributed by atoms with Gasteiger partial charge in [0, 0.05) is 11.9 Å². The third-order valence-corrected chi connectivity index (χ3v) is 4.48. The Balaban J connectivity index is 1.66. The molecule has 0 N–H and O–H groups in total. The molecule has 0 saturated heterocycles. The quantitative estimate of drug-likeness (QED) is 0.687. The van der Waals surface area contributed by atoms with Gasteiger partial charge in [-0.2, -0.15) is 0 Å². The molecule has 0 saturated carbocycles. The smallest absolute Gasteiger partial charge is 0.311 e. The lowest BCUT2D eigenvalue weighted by Gasteiger charge is -2.10. The van der Waals surface area contributed by atoms with E-state index in [0.29, 0.717) is 0 Å². The molecule has 2 aromatic heterocycles. The number of benzene rings is 1. The van der Waals surface area contributed by atoms with E-state index in [0.717, 1.165) is 26.5 Å². The van der Waals surface area contributed by atoms with E-state index in [1.54, 1.807) is 17.5 Å². The van der Waals surface area contributed by atoms with Crippen LogP contribution in [0, 0.1) is 6.92 Å². The first-order valence-corrected chi connectivity index (χ1v) is 7.90. The molecule has 22 heavy (non-hydrogen) atoms. The van der Waals surface area contributed by atoms with Gasteiger partial charge in [-0.05, 0) is 37.6 Å². The van der Waals surface area contributed by atoms with Crippen LogP contribution in [0.5, 0.6) is 0 Å². The zero-order chi connectivity index (χ0) is 15.5. The molecule has 0 aliphatic rings. The predicted octanol–water partition coefficient (Wildman–Crippen LogP) is 3.85. The molecule has 0 aliphatic carbocycles. The fourth-order valence-electron chi connectivity index (χ4n) is 2.12. The topological polar surface area (TPSA) is 52.1 Å². The number of carbonyl (C=O) groups excluding carboxylic acids is 1. The molecule has 5 heteroatoms. The fraction of sp³-hybridized carbons (Fsp3) is 0.235. The normalized spacial score (nSPS) is 12.3. The van der Waals surface area contributed by atoms with Gasteiger partial charge in [-0.15, -0.1) is 11.3 Å². The van der Waals surface area contributed by atoms with Crippen LogP contribution in [0.1, 0.15) is 29.3 Å². The molecule has 1 aromatic carbocycles. The van der Waals surface area contributed by atoms with Crippen molar-refractivity contribution in [2.75, 3.05) is 0 Å². The molecular weight excluding hydrogens is 296 g/mol. The van der Waals surface area contributed by atoms with Gasteiger partial charge in [0.25, 0.3) is 0 Å². The van der Waals surface area contributed by atoms with Crippen LogP contribution in [0.4, 0.5) is 0 Å². The Morgan fingerprint density at radius 2 is 2.09 bits per heavy atom. The Labute approximate surface area is 132 Å². The number of esters is 1. The lowest BCUT2D eigenvalue weighted by atomic mass is 10.2. The Morgan fingerprint density at radius 1 is 1.27 bits per heavy atom. The van der Waals surface area contributed by atoms with Gasteiger partial charge in [-0.1, -0.05) is 18.2 Å². The first-order chi connectivity index (χ1) is 10.6. The van der Waals surface area contributed by atoms with E-state index < -0.39 is 0 Å². The number of nitrogens with zero attached hydrogens (tertiary/aromatic N) is 2. The summed E-state index contributed by atoms with van der Waals surface area (Å²) in [4.78, 5) is 20.7.